The van der Waals surface area contributed by atoms with Crippen LogP contribution in [-0.2, 0) is 0 Å². The van der Waals surface area contributed by atoms with E-state index in [-0.39, 0.29) is 5.75 Å². The first kappa shape index (κ1) is 20.5. The average molecular weight is 494 g/mol. The van der Waals surface area contributed by atoms with E-state index in [1.165, 1.54) is 0 Å². The van der Waals surface area contributed by atoms with E-state index < -0.39 is 11.8 Å². The van der Waals surface area contributed by atoms with E-state index in [0.29, 0.717) is 50.9 Å². The van der Waals surface area contributed by atoms with Crippen molar-refractivity contribution in [2.45, 2.75) is 6.42 Å². The summed E-state index contributed by atoms with van der Waals surface area (Å²) in [4.78, 5) is 28.9. The number of halogens is 1. The summed E-state index contributed by atoms with van der Waals surface area (Å²) in [5.41, 5.74) is 3.52. The molecule has 0 fully saturated rings. The predicted molar refractivity (Wildman–Crippen MR) is 126 cm³/mol. The summed E-state index contributed by atoms with van der Waals surface area (Å²) in [5, 5.41) is 17.3. The van der Waals surface area contributed by atoms with Crippen LogP contribution in [0.5, 0.6) is 11.5 Å². The molecule has 0 saturated carbocycles. The van der Waals surface area contributed by atoms with Gasteiger partial charge in [0.15, 0.2) is 11.5 Å². The maximum Gasteiger partial charge on any atom is 0.259 e. The van der Waals surface area contributed by atoms with Gasteiger partial charge in [0, 0.05) is 26.8 Å². The fourth-order valence-corrected chi connectivity index (χ4v) is 4.71. The number of fused-ring (bicyclic) bond motifs is 5. The minimum absolute atomic E-state index is 0.0174. The zero-order valence-corrected chi connectivity index (χ0v) is 18.8. The molecule has 1 aromatic heterocycles. The highest BCUT2D eigenvalue weighted by Crippen LogP contribution is 2.42. The van der Waals surface area contributed by atoms with Crippen LogP contribution in [0.4, 0.5) is 0 Å². The minimum atomic E-state index is -0.448. The highest BCUT2D eigenvalue weighted by atomic mass is 79.9. The molecule has 3 aromatic carbocycles. The number of ether oxygens (including phenoxy) is 1. The van der Waals surface area contributed by atoms with E-state index in [4.69, 9.17) is 4.74 Å². The number of aromatic nitrogens is 1. The molecule has 1 aliphatic rings. The lowest BCUT2D eigenvalue weighted by molar-refractivity contribution is 0.0880. The third-order valence-corrected chi connectivity index (χ3v) is 6.33. The van der Waals surface area contributed by atoms with Gasteiger partial charge >= 0.3 is 0 Å². The average Bonchev–Trinajstić information content (AvgIpc) is 3.27. The minimum Gasteiger partial charge on any atom is -0.504 e. The Morgan fingerprint density at radius 1 is 1.03 bits per heavy atom. The first-order chi connectivity index (χ1) is 15.5. The van der Waals surface area contributed by atoms with Crippen molar-refractivity contribution in [3.05, 3.63) is 58.1 Å². The molecule has 1 aliphatic heterocycles. The number of hydrogen-bond donors (Lipinski definition) is 4. The summed E-state index contributed by atoms with van der Waals surface area (Å²) >= 11 is 3.55. The zero-order chi connectivity index (χ0) is 22.4. The molecular formula is C24H20BrN3O4. The van der Waals surface area contributed by atoms with E-state index in [9.17, 15) is 14.7 Å². The number of aromatic hydroxyl groups is 1. The molecule has 0 bridgehead atoms. The number of imide groups is 1. The molecule has 5 rings (SSSR count). The Labute approximate surface area is 191 Å². The first-order valence-electron chi connectivity index (χ1n) is 10.2. The molecule has 0 atom stereocenters. The Hall–Kier alpha value is -3.36. The molecule has 2 heterocycles. The second-order valence-corrected chi connectivity index (χ2v) is 8.51. The van der Waals surface area contributed by atoms with Crippen LogP contribution >= 0.6 is 15.9 Å². The maximum atomic E-state index is 12.8. The normalized spacial score (nSPS) is 13.1. The van der Waals surface area contributed by atoms with E-state index in [1.807, 2.05) is 37.4 Å². The Morgan fingerprint density at radius 2 is 1.81 bits per heavy atom. The third kappa shape index (κ3) is 3.23. The summed E-state index contributed by atoms with van der Waals surface area (Å²) < 4.78 is 6.55. The summed E-state index contributed by atoms with van der Waals surface area (Å²) in [6, 6.07) is 12.7. The molecule has 0 radical (unpaired) electrons. The molecule has 8 heteroatoms. The number of aromatic amines is 1. The van der Waals surface area contributed by atoms with Gasteiger partial charge in [0.2, 0.25) is 0 Å². The van der Waals surface area contributed by atoms with Gasteiger partial charge in [0.1, 0.15) is 0 Å². The monoisotopic (exact) mass is 493 g/mol. The first-order valence-corrected chi connectivity index (χ1v) is 11.0. The molecule has 4 aromatic rings. The Bertz CT molecular complexity index is 1410. The van der Waals surface area contributed by atoms with Crippen molar-refractivity contribution >= 4 is 49.6 Å². The molecule has 4 N–H and O–H groups in total. The molecular weight excluding hydrogens is 474 g/mol. The number of hydrogen-bond acceptors (Lipinski definition) is 5. The number of amides is 2. The lowest BCUT2D eigenvalue weighted by Gasteiger charge is -2.10. The molecule has 32 heavy (non-hydrogen) atoms. The second kappa shape index (κ2) is 7.96. The van der Waals surface area contributed by atoms with Gasteiger partial charge in [0.25, 0.3) is 11.8 Å². The lowest BCUT2D eigenvalue weighted by Crippen LogP contribution is -2.20. The predicted octanol–water partition coefficient (Wildman–Crippen LogP) is 4.33. The lowest BCUT2D eigenvalue weighted by atomic mass is 9.93. The van der Waals surface area contributed by atoms with Crippen LogP contribution in [0.2, 0.25) is 0 Å². The smallest absolute Gasteiger partial charge is 0.259 e. The number of carbonyl (C=O) groups excluding carboxylic acids is 2. The van der Waals surface area contributed by atoms with Crippen LogP contribution < -0.4 is 15.4 Å². The second-order valence-electron chi connectivity index (χ2n) is 7.66. The fraction of sp³-hybridized carbons (Fsp3) is 0.167. The van der Waals surface area contributed by atoms with Crippen molar-refractivity contribution in [3.63, 3.8) is 0 Å². The van der Waals surface area contributed by atoms with Crippen LogP contribution in [0.1, 0.15) is 27.1 Å². The van der Waals surface area contributed by atoms with Gasteiger partial charge in [0.05, 0.1) is 23.3 Å². The van der Waals surface area contributed by atoms with E-state index in [0.717, 1.165) is 23.0 Å². The number of nitrogens with one attached hydrogen (secondary N) is 3. The summed E-state index contributed by atoms with van der Waals surface area (Å²) in [6.45, 7) is 1.26. The number of benzene rings is 3. The highest BCUT2D eigenvalue weighted by molar-refractivity contribution is 9.10. The van der Waals surface area contributed by atoms with Crippen LogP contribution in [-0.4, -0.2) is 42.1 Å². The quantitative estimate of drug-likeness (QED) is 0.236. The van der Waals surface area contributed by atoms with Gasteiger partial charge in [-0.25, -0.2) is 0 Å². The van der Waals surface area contributed by atoms with Gasteiger partial charge in [-0.2, -0.15) is 0 Å². The molecule has 0 aliphatic carbocycles. The van der Waals surface area contributed by atoms with Crippen LogP contribution in [0, 0.1) is 0 Å². The maximum absolute atomic E-state index is 12.8. The molecule has 0 spiro atoms. The van der Waals surface area contributed by atoms with Crippen molar-refractivity contribution in [2.75, 3.05) is 20.2 Å². The molecule has 0 unspecified atom stereocenters. The van der Waals surface area contributed by atoms with Crippen LogP contribution in [0.15, 0.2) is 46.9 Å². The van der Waals surface area contributed by atoms with Gasteiger partial charge in [-0.1, -0.05) is 34.1 Å². The van der Waals surface area contributed by atoms with Crippen molar-refractivity contribution in [1.82, 2.24) is 15.6 Å². The van der Waals surface area contributed by atoms with Crippen molar-refractivity contribution in [3.8, 4) is 22.6 Å². The van der Waals surface area contributed by atoms with Crippen molar-refractivity contribution in [2.24, 2.45) is 0 Å². The number of H-pyrrole nitrogens is 1. The Kier molecular flexibility index (Phi) is 5.11. The van der Waals surface area contributed by atoms with Gasteiger partial charge < -0.3 is 20.1 Å². The molecule has 2 amide bonds. The topological polar surface area (TPSA) is 103 Å². The van der Waals surface area contributed by atoms with Gasteiger partial charge in [-0.05, 0) is 49.3 Å². The van der Waals surface area contributed by atoms with Gasteiger partial charge in [-0.15, -0.1) is 0 Å². The van der Waals surface area contributed by atoms with E-state index >= 15 is 0 Å². The Balaban J connectivity index is 1.74. The zero-order valence-electron chi connectivity index (χ0n) is 17.2. The number of carbonyl (C=O) groups is 2. The standard InChI is InChI=1S/C24H20BrN3O4/c1-26-7-4-8-32-19-11-16-14(10-18(19)29)20-17(27-16)9-13(12-5-2-3-6-15(12)25)21-22(20)24(31)28-23(21)30/h2-3,5-6,9-11,26-27,29H,4,7-8H2,1H3,(H,28,30,31). The SMILES string of the molecule is CNCCCOc1cc2[nH]c3cc(-c4ccccc4Br)c4c(c3c2cc1O)C(=O)NC4=O. The highest BCUT2D eigenvalue weighted by Gasteiger charge is 2.34. The Morgan fingerprint density at radius 3 is 2.59 bits per heavy atom. The fourth-order valence-electron chi connectivity index (χ4n) is 4.21. The molecule has 7 nitrogen and oxygen atoms in total. The van der Waals surface area contributed by atoms with Crippen LogP contribution in [0.25, 0.3) is 32.9 Å². The molecule has 162 valence electrons. The molecule has 0 saturated heterocycles. The third-order valence-electron chi connectivity index (χ3n) is 5.64. The van der Waals surface area contributed by atoms with Gasteiger partial charge in [-0.3, -0.25) is 14.9 Å². The van der Waals surface area contributed by atoms with Crippen molar-refractivity contribution in [1.29, 1.82) is 0 Å². The van der Waals surface area contributed by atoms with Crippen LogP contribution in [0.3, 0.4) is 0 Å². The number of rotatable bonds is 6. The van der Waals surface area contributed by atoms with E-state index in [1.54, 1.807) is 12.1 Å². The summed E-state index contributed by atoms with van der Waals surface area (Å²) in [5.74, 6) is -0.531. The number of phenolic OH excluding ortho intramolecular Hbond substituents is 1. The summed E-state index contributed by atoms with van der Waals surface area (Å²) in [7, 11) is 1.87. The van der Waals surface area contributed by atoms with E-state index in [2.05, 4.69) is 31.5 Å². The largest absolute Gasteiger partial charge is 0.504 e. The summed E-state index contributed by atoms with van der Waals surface area (Å²) in [6.07, 6.45) is 0.797. The number of phenols is 1. The van der Waals surface area contributed by atoms with Crippen molar-refractivity contribution < 1.29 is 19.4 Å².